The number of rotatable bonds is 4. The Labute approximate surface area is 405 Å². The first kappa shape index (κ1) is 43.0. The number of para-hydroxylation sites is 4. The van der Waals surface area contributed by atoms with Crippen molar-refractivity contribution in [1.29, 1.82) is 0 Å². The second-order valence-electron chi connectivity index (χ2n) is 23.0. The Kier molecular flexibility index (Phi) is 9.26. The van der Waals surface area contributed by atoms with E-state index in [4.69, 9.17) is 8.83 Å². The van der Waals surface area contributed by atoms with E-state index in [-0.39, 0.29) is 21.7 Å². The summed E-state index contributed by atoms with van der Waals surface area (Å²) in [5.41, 5.74) is 16.4. The van der Waals surface area contributed by atoms with Crippen molar-refractivity contribution in [1.82, 2.24) is 0 Å². The van der Waals surface area contributed by atoms with Gasteiger partial charge < -0.3 is 18.6 Å². The van der Waals surface area contributed by atoms with Crippen molar-refractivity contribution >= 4 is 99.5 Å². The van der Waals surface area contributed by atoms with Crippen LogP contribution in [0.15, 0.2) is 173 Å². The van der Waals surface area contributed by atoms with E-state index >= 15 is 0 Å². The highest BCUT2D eigenvalue weighted by Crippen LogP contribution is 2.56. The zero-order valence-corrected chi connectivity index (χ0v) is 41.8. The van der Waals surface area contributed by atoms with Crippen LogP contribution in [0.4, 0.5) is 34.1 Å². The quantitative estimate of drug-likeness (QED) is 0.176. The number of benzene rings is 9. The average molecular weight is 901 g/mol. The average Bonchev–Trinajstić information content (AvgIpc) is 3.87. The molecule has 0 atom stereocenters. The Morgan fingerprint density at radius 2 is 0.913 bits per heavy atom. The predicted molar refractivity (Wildman–Crippen MR) is 294 cm³/mol. The van der Waals surface area contributed by atoms with Crippen molar-refractivity contribution in [3.8, 4) is 0 Å². The molecule has 12 rings (SSSR count). The van der Waals surface area contributed by atoms with Crippen molar-refractivity contribution in [2.45, 2.75) is 97.8 Å². The van der Waals surface area contributed by atoms with Crippen molar-refractivity contribution in [3.63, 3.8) is 0 Å². The lowest BCUT2D eigenvalue weighted by Gasteiger charge is -2.44. The van der Waals surface area contributed by atoms with Crippen LogP contribution in [0.2, 0.25) is 0 Å². The fourth-order valence-electron chi connectivity index (χ4n) is 11.6. The van der Waals surface area contributed by atoms with E-state index in [1.165, 1.54) is 67.0 Å². The molecule has 0 saturated heterocycles. The van der Waals surface area contributed by atoms with E-state index in [2.05, 4.69) is 250 Å². The first-order valence-electron chi connectivity index (χ1n) is 24.6. The lowest BCUT2D eigenvalue weighted by molar-refractivity contribution is 0.587. The smallest absolute Gasteiger partial charge is 0.178 e. The van der Waals surface area contributed by atoms with Gasteiger partial charge in [0.05, 0.1) is 11.4 Å². The Bertz CT molecular complexity index is 3840. The predicted octanol–water partition coefficient (Wildman–Crippen LogP) is 19.3. The maximum atomic E-state index is 7.02. The minimum absolute atomic E-state index is 0.0491. The van der Waals surface area contributed by atoms with Gasteiger partial charge in [0.1, 0.15) is 11.2 Å². The van der Waals surface area contributed by atoms with Gasteiger partial charge in [-0.25, -0.2) is 0 Å². The van der Waals surface area contributed by atoms with Gasteiger partial charge in [-0.1, -0.05) is 161 Å². The summed E-state index contributed by atoms with van der Waals surface area (Å²) in [5, 5.41) is 8.94. The molecule has 4 heteroatoms. The largest absolute Gasteiger partial charge is 0.452 e. The van der Waals surface area contributed by atoms with E-state index < -0.39 is 0 Å². The first-order valence-corrected chi connectivity index (χ1v) is 24.6. The summed E-state index contributed by atoms with van der Waals surface area (Å²) in [5.74, 6) is 0. The Hall–Kier alpha value is -7.30. The van der Waals surface area contributed by atoms with Gasteiger partial charge in [0.25, 0.3) is 0 Å². The van der Waals surface area contributed by atoms with Gasteiger partial charge >= 0.3 is 0 Å². The molecule has 0 N–H and O–H groups in total. The fourth-order valence-corrected chi connectivity index (χ4v) is 11.6. The molecular weight excluding hydrogens is 841 g/mol. The monoisotopic (exact) mass is 900 g/mol. The van der Waals surface area contributed by atoms with E-state index in [0.717, 1.165) is 60.3 Å². The van der Waals surface area contributed by atoms with Gasteiger partial charge in [0.2, 0.25) is 0 Å². The summed E-state index contributed by atoms with van der Waals surface area (Å²) >= 11 is 0. The molecule has 0 radical (unpaired) electrons. The van der Waals surface area contributed by atoms with E-state index in [0.29, 0.717) is 0 Å². The van der Waals surface area contributed by atoms with Gasteiger partial charge in [-0.05, 0) is 144 Å². The number of fused-ring (bicyclic) bond motifs is 12. The molecular formula is C65H60N2O2. The third kappa shape index (κ3) is 6.62. The van der Waals surface area contributed by atoms with Crippen molar-refractivity contribution in [2.24, 2.45) is 0 Å². The molecule has 69 heavy (non-hydrogen) atoms. The summed E-state index contributed by atoms with van der Waals surface area (Å²) in [7, 11) is 0. The third-order valence-corrected chi connectivity index (χ3v) is 14.9. The molecule has 342 valence electrons. The molecule has 0 amide bonds. The maximum Gasteiger partial charge on any atom is 0.178 e. The van der Waals surface area contributed by atoms with Crippen LogP contribution in [0.1, 0.15) is 104 Å². The van der Waals surface area contributed by atoms with Crippen LogP contribution < -0.4 is 9.80 Å². The number of anilines is 6. The first-order chi connectivity index (χ1) is 32.9. The molecule has 4 nitrogen and oxygen atoms in total. The third-order valence-electron chi connectivity index (χ3n) is 14.9. The molecule has 0 bridgehead atoms. The summed E-state index contributed by atoms with van der Waals surface area (Å²) in [6, 6.07) is 60.6. The fraction of sp³-hybridized carbons (Fsp3) is 0.231. The molecule has 2 aromatic heterocycles. The van der Waals surface area contributed by atoms with Crippen LogP contribution in [0.3, 0.4) is 0 Å². The number of hydrogen-bond donors (Lipinski definition) is 0. The van der Waals surface area contributed by atoms with Gasteiger partial charge in [-0.3, -0.25) is 0 Å². The lowest BCUT2D eigenvalue weighted by atomic mass is 9.71. The highest BCUT2D eigenvalue weighted by atomic mass is 16.4. The standard InChI is InChI=1S/C65H60N2O2/c1-62(2,3)48-20-12-16-24-52(48)66(53-25-17-13-21-49(53)63(4,5)6)42-30-28-39-35-46-43-31-32-44-47-36-40-29-33-56-59(45(40)38-58(47)69-61(44)60(43)68-57(46)37-41(39)34-42)65(10,11)51-23-15-19-27-55(51)67(56)54-26-18-14-22-50(54)64(7,8)9/h12-38H,1-11H3. The van der Waals surface area contributed by atoms with E-state index in [1.807, 2.05) is 0 Å². The molecule has 0 spiro atoms. The van der Waals surface area contributed by atoms with E-state index in [9.17, 15) is 0 Å². The highest BCUT2D eigenvalue weighted by molar-refractivity contribution is 6.22. The number of nitrogens with zero attached hydrogens (tertiary/aromatic N) is 2. The zero-order chi connectivity index (χ0) is 47.9. The molecule has 0 unspecified atom stereocenters. The summed E-state index contributed by atoms with van der Waals surface area (Å²) in [6.45, 7) is 25.5. The molecule has 9 aromatic carbocycles. The van der Waals surface area contributed by atoms with Gasteiger partial charge in [-0.2, -0.15) is 0 Å². The van der Waals surface area contributed by atoms with Crippen LogP contribution in [0.5, 0.6) is 0 Å². The molecule has 1 aliphatic rings. The van der Waals surface area contributed by atoms with Gasteiger partial charge in [0, 0.05) is 49.7 Å². The molecule has 1 aliphatic heterocycles. The van der Waals surface area contributed by atoms with Crippen LogP contribution in [0, 0.1) is 0 Å². The van der Waals surface area contributed by atoms with Crippen LogP contribution in [-0.4, -0.2) is 0 Å². The topological polar surface area (TPSA) is 32.8 Å². The minimum atomic E-state index is -0.283. The summed E-state index contributed by atoms with van der Waals surface area (Å²) in [6.07, 6.45) is 0. The Balaban J connectivity index is 1.03. The van der Waals surface area contributed by atoms with E-state index in [1.54, 1.807) is 0 Å². The normalized spacial score (nSPS) is 14.1. The zero-order valence-electron chi connectivity index (χ0n) is 41.8. The van der Waals surface area contributed by atoms with Crippen molar-refractivity contribution < 1.29 is 8.83 Å². The Morgan fingerprint density at radius 3 is 1.52 bits per heavy atom. The van der Waals surface area contributed by atoms with Gasteiger partial charge in [0.15, 0.2) is 11.2 Å². The molecule has 0 saturated carbocycles. The van der Waals surface area contributed by atoms with Crippen molar-refractivity contribution in [2.75, 3.05) is 9.80 Å². The minimum Gasteiger partial charge on any atom is -0.452 e. The SMILES string of the molecule is CC(C)(C)c1ccccc1N(c1ccc2cc3c(cc2c1)oc1c3ccc2c3cc4ccc5c(c4cc3oc21)C(C)(C)c1ccccc1N5c1ccccc1C(C)(C)C)c1ccccc1C(C)(C)C. The Morgan fingerprint density at radius 1 is 0.406 bits per heavy atom. The molecule has 11 aromatic rings. The number of hydrogen-bond acceptors (Lipinski definition) is 4. The summed E-state index contributed by atoms with van der Waals surface area (Å²) < 4.78 is 14.0. The van der Waals surface area contributed by atoms with Gasteiger partial charge in [-0.15, -0.1) is 0 Å². The second-order valence-corrected chi connectivity index (χ2v) is 23.0. The summed E-state index contributed by atoms with van der Waals surface area (Å²) in [4.78, 5) is 4.96. The van der Waals surface area contributed by atoms with Crippen LogP contribution >= 0.6 is 0 Å². The molecule has 3 heterocycles. The highest BCUT2D eigenvalue weighted by Gasteiger charge is 2.39. The molecule has 0 fully saturated rings. The number of furan rings is 2. The second kappa shape index (κ2) is 14.8. The van der Waals surface area contributed by atoms with Crippen LogP contribution in [0.25, 0.3) is 65.4 Å². The van der Waals surface area contributed by atoms with Crippen LogP contribution in [-0.2, 0) is 21.7 Å². The lowest BCUT2D eigenvalue weighted by Crippen LogP contribution is -2.32. The van der Waals surface area contributed by atoms with Crippen molar-refractivity contribution in [3.05, 3.63) is 192 Å². The maximum absolute atomic E-state index is 7.02. The molecule has 0 aliphatic carbocycles.